The highest BCUT2D eigenvalue weighted by Gasteiger charge is 2.69. The maximum Gasteiger partial charge on any atom is 0.202 e. The van der Waals surface area contributed by atoms with E-state index in [0.29, 0.717) is 34.6 Å². The summed E-state index contributed by atoms with van der Waals surface area (Å²) in [4.78, 5) is 16.4. The van der Waals surface area contributed by atoms with Gasteiger partial charge in [0.15, 0.2) is 0 Å². The number of fused-ring (bicyclic) bond motifs is 3. The van der Waals surface area contributed by atoms with Crippen molar-refractivity contribution < 1.29 is 0 Å². The first kappa shape index (κ1) is 20.3. The van der Waals surface area contributed by atoms with Crippen molar-refractivity contribution in [1.29, 1.82) is 0 Å². The molecule has 3 N–H and O–H groups in total. The summed E-state index contributed by atoms with van der Waals surface area (Å²) in [6.07, 6.45) is 3.83. The average Bonchev–Trinajstić information content (AvgIpc) is 3.44. The number of piperidine rings is 1. The first-order chi connectivity index (χ1) is 16.5. The molecule has 0 spiro atoms. The number of aromatic nitrogens is 7. The summed E-state index contributed by atoms with van der Waals surface area (Å²) in [5.74, 6) is 1.80. The van der Waals surface area contributed by atoms with Gasteiger partial charge in [0.25, 0.3) is 0 Å². The molecule has 2 aliphatic rings. The van der Waals surface area contributed by atoms with Crippen LogP contribution in [0.2, 0.25) is 5.02 Å². The van der Waals surface area contributed by atoms with Gasteiger partial charge in [0.1, 0.15) is 11.3 Å². The molecule has 1 aliphatic carbocycles. The number of halogens is 1. The van der Waals surface area contributed by atoms with Gasteiger partial charge in [-0.05, 0) is 37.0 Å². The highest BCUT2D eigenvalue weighted by Crippen LogP contribution is 2.62. The molecule has 0 bridgehead atoms. The van der Waals surface area contributed by atoms with Crippen molar-refractivity contribution in [2.75, 3.05) is 24.5 Å². The number of nitrogens with one attached hydrogen (secondary N) is 1. The molecule has 1 unspecified atom stereocenters. The van der Waals surface area contributed by atoms with Gasteiger partial charge in [0, 0.05) is 43.9 Å². The Morgan fingerprint density at radius 3 is 2.79 bits per heavy atom. The van der Waals surface area contributed by atoms with Crippen LogP contribution in [0.5, 0.6) is 0 Å². The number of hydrogen-bond donors (Lipinski definition) is 2. The maximum atomic E-state index is 6.74. The lowest BCUT2D eigenvalue weighted by atomic mass is 9.95. The predicted octanol–water partition coefficient (Wildman–Crippen LogP) is 3.29. The molecule has 3 atom stereocenters. The fraction of sp³-hybridized carbons (Fsp3) is 0.348. The van der Waals surface area contributed by atoms with Gasteiger partial charge >= 0.3 is 0 Å². The van der Waals surface area contributed by atoms with E-state index >= 15 is 0 Å². The number of thiazole rings is 1. The summed E-state index contributed by atoms with van der Waals surface area (Å²) in [7, 11) is 1.95. The Kier molecular flexibility index (Phi) is 4.16. The molecule has 5 heterocycles. The number of hydrogen-bond acceptors (Lipinski definition) is 8. The molecule has 4 aromatic heterocycles. The first-order valence-electron chi connectivity index (χ1n) is 11.2. The minimum atomic E-state index is -0.0147. The molecule has 11 heteroatoms. The van der Waals surface area contributed by atoms with Gasteiger partial charge in [0.2, 0.25) is 5.65 Å². The summed E-state index contributed by atoms with van der Waals surface area (Å²) in [5.41, 5.74) is 11.2. The zero-order valence-corrected chi connectivity index (χ0v) is 20.2. The lowest BCUT2D eigenvalue weighted by Gasteiger charge is -2.25. The third kappa shape index (κ3) is 2.67. The molecule has 0 radical (unpaired) electrons. The molecule has 7 rings (SSSR count). The standard InChI is InChI=1S/C23H22ClN9S/c1-11-27-15-4-3-12(18(24)21(15)34-11)19-20-22(30-29-19)28-17(7-26-20)33-8-13-14(9-33)23(13,10-25)16-5-6-32(2)31-16/h3-7,13-14H,8-10,25H2,1-2H3,(H,28,29,30)/t13-,14+,23?. The number of rotatable bonds is 4. The Labute approximate surface area is 204 Å². The molecular formula is C23H22ClN9S. The Hall–Kier alpha value is -3.08. The Bertz CT molecular complexity index is 1570. The number of aryl methyl sites for hydroxylation is 2. The van der Waals surface area contributed by atoms with Crippen LogP contribution in [0.1, 0.15) is 10.7 Å². The number of nitrogens with two attached hydrogens (primary N) is 1. The number of nitrogens with zero attached hydrogens (tertiary/aromatic N) is 7. The Balaban J connectivity index is 1.18. The monoisotopic (exact) mass is 491 g/mol. The van der Waals surface area contributed by atoms with E-state index in [0.717, 1.165) is 51.1 Å². The second-order valence-corrected chi connectivity index (χ2v) is 10.8. The predicted molar refractivity (Wildman–Crippen MR) is 133 cm³/mol. The molecule has 172 valence electrons. The van der Waals surface area contributed by atoms with Gasteiger partial charge in [-0.2, -0.15) is 10.2 Å². The van der Waals surface area contributed by atoms with E-state index < -0.39 is 0 Å². The van der Waals surface area contributed by atoms with E-state index in [1.54, 1.807) is 11.3 Å². The van der Waals surface area contributed by atoms with Crippen LogP contribution in [0.4, 0.5) is 5.82 Å². The fourth-order valence-electron chi connectivity index (χ4n) is 5.76. The summed E-state index contributed by atoms with van der Waals surface area (Å²) in [6.45, 7) is 4.38. The van der Waals surface area contributed by atoms with E-state index in [4.69, 9.17) is 27.3 Å². The van der Waals surface area contributed by atoms with Gasteiger partial charge in [-0.25, -0.2) is 15.0 Å². The molecule has 34 heavy (non-hydrogen) atoms. The lowest BCUT2D eigenvalue weighted by molar-refractivity contribution is 0.529. The zero-order chi connectivity index (χ0) is 23.2. The second-order valence-electron chi connectivity index (χ2n) is 9.24. The molecule has 1 aromatic carbocycles. The van der Waals surface area contributed by atoms with Gasteiger partial charge in [-0.3, -0.25) is 9.78 Å². The SMILES string of the molecule is Cc1nc2ccc(-c3[nH]nc4nc(N5C[C@@H]6[C@H](C5)C6(CN)c5ccn(C)n5)cnc34)c(Cl)c2s1. The molecule has 5 aromatic rings. The molecule has 1 saturated heterocycles. The van der Waals surface area contributed by atoms with E-state index in [9.17, 15) is 0 Å². The smallest absolute Gasteiger partial charge is 0.202 e. The van der Waals surface area contributed by atoms with Crippen molar-refractivity contribution in [3.8, 4) is 11.3 Å². The number of aromatic amines is 1. The second kappa shape index (κ2) is 6.97. The Morgan fingerprint density at radius 1 is 1.24 bits per heavy atom. The van der Waals surface area contributed by atoms with Crippen LogP contribution in [-0.4, -0.2) is 54.6 Å². The van der Waals surface area contributed by atoms with Crippen LogP contribution >= 0.6 is 22.9 Å². The summed E-state index contributed by atoms with van der Waals surface area (Å²) < 4.78 is 2.82. The number of benzene rings is 1. The minimum Gasteiger partial charge on any atom is -0.355 e. The van der Waals surface area contributed by atoms with Crippen molar-refractivity contribution >= 4 is 50.1 Å². The van der Waals surface area contributed by atoms with E-state index in [2.05, 4.69) is 31.2 Å². The van der Waals surface area contributed by atoms with Crippen LogP contribution < -0.4 is 10.6 Å². The topological polar surface area (TPSA) is 114 Å². The van der Waals surface area contributed by atoms with Crippen LogP contribution in [0.3, 0.4) is 0 Å². The van der Waals surface area contributed by atoms with Gasteiger partial charge in [0.05, 0.1) is 37.8 Å². The summed E-state index contributed by atoms with van der Waals surface area (Å²) in [6, 6.07) is 6.05. The highest BCUT2D eigenvalue weighted by molar-refractivity contribution is 7.19. The number of H-pyrrole nitrogens is 1. The van der Waals surface area contributed by atoms with Crippen molar-refractivity contribution in [3.63, 3.8) is 0 Å². The quantitative estimate of drug-likeness (QED) is 0.396. The molecular weight excluding hydrogens is 470 g/mol. The van der Waals surface area contributed by atoms with E-state index in [1.807, 2.05) is 43.2 Å². The molecule has 0 amide bonds. The van der Waals surface area contributed by atoms with Crippen LogP contribution in [0, 0.1) is 18.8 Å². The third-order valence-corrected chi connectivity index (χ3v) is 9.02. The van der Waals surface area contributed by atoms with Gasteiger partial charge in [-0.15, -0.1) is 11.3 Å². The normalized spacial score (nSPS) is 23.8. The summed E-state index contributed by atoms with van der Waals surface area (Å²) >= 11 is 8.33. The van der Waals surface area contributed by atoms with E-state index in [-0.39, 0.29) is 5.41 Å². The van der Waals surface area contributed by atoms with Crippen molar-refractivity contribution in [3.05, 3.63) is 46.3 Å². The first-order valence-corrected chi connectivity index (χ1v) is 12.4. The van der Waals surface area contributed by atoms with Crippen molar-refractivity contribution in [1.82, 2.24) is 34.9 Å². The van der Waals surface area contributed by atoms with Crippen LogP contribution in [0.15, 0.2) is 30.6 Å². The maximum absolute atomic E-state index is 6.74. The average molecular weight is 492 g/mol. The molecule has 9 nitrogen and oxygen atoms in total. The van der Waals surface area contributed by atoms with Crippen molar-refractivity contribution in [2.24, 2.45) is 24.6 Å². The third-order valence-electron chi connectivity index (χ3n) is 7.51. The lowest BCUT2D eigenvalue weighted by Crippen LogP contribution is -2.35. The fourth-order valence-corrected chi connectivity index (χ4v) is 6.99. The van der Waals surface area contributed by atoms with Crippen LogP contribution in [0.25, 0.3) is 32.6 Å². The van der Waals surface area contributed by atoms with Gasteiger partial charge < -0.3 is 10.6 Å². The molecule has 1 saturated carbocycles. The van der Waals surface area contributed by atoms with Crippen LogP contribution in [-0.2, 0) is 12.5 Å². The minimum absolute atomic E-state index is 0.0147. The molecule has 1 aliphatic heterocycles. The van der Waals surface area contributed by atoms with Crippen molar-refractivity contribution in [2.45, 2.75) is 12.3 Å². The molecule has 2 fully saturated rings. The number of anilines is 1. The van der Waals surface area contributed by atoms with E-state index in [1.165, 1.54) is 0 Å². The van der Waals surface area contributed by atoms with Gasteiger partial charge in [-0.1, -0.05) is 11.6 Å². The highest BCUT2D eigenvalue weighted by atomic mass is 35.5. The Morgan fingerprint density at radius 2 is 2.06 bits per heavy atom. The largest absolute Gasteiger partial charge is 0.355 e. The zero-order valence-electron chi connectivity index (χ0n) is 18.7. The summed E-state index contributed by atoms with van der Waals surface area (Å²) in [5, 5.41) is 13.9.